The van der Waals surface area contributed by atoms with Crippen LogP contribution in [-0.4, -0.2) is 57.3 Å². The molecule has 0 aromatic rings. The largest absolute Gasteiger partial charge is 1.00 e. The molecule has 0 aromatic heterocycles. The summed E-state index contributed by atoms with van der Waals surface area (Å²) in [7, 11) is 0. The third kappa shape index (κ3) is 27.1. The van der Waals surface area contributed by atoms with E-state index in [9.17, 15) is 0 Å². The van der Waals surface area contributed by atoms with Gasteiger partial charge in [0.25, 0.3) is 0 Å². The molecule has 0 fully saturated rings. The maximum atomic E-state index is 7.86. The Hall–Kier alpha value is 2.29. The van der Waals surface area contributed by atoms with E-state index in [-0.39, 0.29) is 4.70 Å². The van der Waals surface area contributed by atoms with Gasteiger partial charge in [-0.1, -0.05) is 0 Å². The van der Waals surface area contributed by atoms with Crippen LogP contribution in [-0.2, 0) is 1.41 Å². The van der Waals surface area contributed by atoms with Crippen molar-refractivity contribution in [3.63, 3.8) is 0 Å². The van der Waals surface area contributed by atoms with Crippen molar-refractivity contribution in [2.75, 3.05) is 0 Å². The third-order valence-electron chi connectivity index (χ3n) is 9.00. The first-order valence-corrected chi connectivity index (χ1v) is 39.4. The van der Waals surface area contributed by atoms with E-state index >= 15 is 0 Å². The fourth-order valence-corrected chi connectivity index (χ4v) is 70.7. The second-order valence-corrected chi connectivity index (χ2v) is 48.3. The number of rotatable bonds is 29. The molecule has 0 radical (unpaired) electrons. The molecule has 0 heterocycles. The summed E-state index contributed by atoms with van der Waals surface area (Å²) in [5.74, 6) is 0. The molecule has 0 amide bonds. The van der Waals surface area contributed by atoms with Crippen LogP contribution >= 0.6 is 0 Å². The Kier molecular flexibility index (Phi) is 40.9. The van der Waals surface area contributed by atoms with Crippen molar-refractivity contribution < 1.29 is 6.12 Å². The fourth-order valence-electron chi connectivity index (χ4n) is 6.16. The van der Waals surface area contributed by atoms with Crippen LogP contribution < -0.4 is 4.70 Å². The summed E-state index contributed by atoms with van der Waals surface area (Å²) in [6, 6.07) is 0. The van der Waals surface area contributed by atoms with E-state index in [0.29, 0.717) is 0 Å². The molecule has 0 saturated carbocycles. The Morgan fingerprint density at radius 2 is 0.537 bits per heavy atom. The van der Waals surface area contributed by atoms with Crippen LogP contribution in [0, 0.1) is 0 Å². The van der Waals surface area contributed by atoms with Gasteiger partial charge in [-0.2, -0.15) is 0 Å². The number of hydrogen-bond donors (Lipinski definition) is 0. The molecule has 5 heteroatoms. The maximum absolute atomic E-state index is 7.86. The van der Waals surface area contributed by atoms with Gasteiger partial charge in [0.05, 0.1) is 0 Å². The first-order chi connectivity index (χ1) is 19.4. The number of unbranched alkanes of at least 4 members (excludes halogenated alkanes) is 9. The summed E-state index contributed by atoms with van der Waals surface area (Å²) in [5.41, 5.74) is 0. The minimum Gasteiger partial charge on any atom is -1.00 e. The van der Waals surface area contributed by atoms with Crippen LogP contribution in [0.2, 0.25) is 39.9 Å². The average molecular weight is 905 g/mol. The zero-order chi connectivity index (χ0) is 30.4. The van der Waals surface area contributed by atoms with Gasteiger partial charge in [0.15, 0.2) is 0 Å². The van der Waals surface area contributed by atoms with Crippen molar-refractivity contribution >= 4 is 57.3 Å². The van der Waals surface area contributed by atoms with Crippen LogP contribution in [0.1, 0.15) is 178 Å². The van der Waals surface area contributed by atoms with Crippen molar-refractivity contribution in [1.29, 1.82) is 0 Å². The molecule has 0 spiro atoms. The van der Waals surface area contributed by atoms with E-state index in [1.807, 2.05) is 0 Å². The Bertz CT molecular complexity index is 399. The second kappa shape index (κ2) is 35.1. The normalized spacial score (nSPS) is 11.6. The minimum atomic E-state index is -2.46. The zero-order valence-electron chi connectivity index (χ0n) is 30.4. The summed E-state index contributed by atoms with van der Waals surface area (Å²) >= 11 is -5.76. The maximum Gasteiger partial charge on any atom is -1.00 e. The van der Waals surface area contributed by atoms with Crippen molar-refractivity contribution in [3.8, 4) is 0 Å². The first kappa shape index (κ1) is 47.7. The SMILES string of the molecule is CCC[CH2][Sn+]([CH2]CCC)[CH2]CCC.CCC[CH2][Sn]([CH2]CCC)([CH2]CCC)[O][Sn]([CH2]CCC)([CH2]CCC)[CH2]CCC.[F-]. The Morgan fingerprint density at radius 1 is 0.341 bits per heavy atom. The van der Waals surface area contributed by atoms with E-state index in [1.54, 1.807) is 13.3 Å². The predicted octanol–water partition coefficient (Wildman–Crippen LogP) is 11.6. The Balaban J connectivity index is -0.000000869. The van der Waals surface area contributed by atoms with E-state index in [0.717, 1.165) is 0 Å². The standard InChI is InChI=1S/9C4H9.FH.O.3Sn/c9*1-3-4-2;;;;;/h9*1,3-4H2,2H3;1H;;;;/q;;;;;;;;;;;;;+1/p-1. The van der Waals surface area contributed by atoms with Crippen molar-refractivity contribution in [1.82, 2.24) is 0 Å². The van der Waals surface area contributed by atoms with E-state index < -0.39 is 57.3 Å². The van der Waals surface area contributed by atoms with Gasteiger partial charge < -0.3 is 4.70 Å². The van der Waals surface area contributed by atoms with Gasteiger partial charge in [0, 0.05) is 0 Å². The molecule has 0 aliphatic carbocycles. The molecule has 0 aliphatic heterocycles. The van der Waals surface area contributed by atoms with Gasteiger partial charge in [-0.3, -0.25) is 0 Å². The van der Waals surface area contributed by atoms with Gasteiger partial charge in [-0.05, 0) is 0 Å². The monoisotopic (exact) mass is 908 g/mol. The molecule has 0 bridgehead atoms. The fraction of sp³-hybridized carbons (Fsp3) is 1.00. The smallest absolute Gasteiger partial charge is 1.00 e. The molecule has 41 heavy (non-hydrogen) atoms. The molecule has 0 rings (SSSR count). The number of halogens is 1. The van der Waals surface area contributed by atoms with E-state index in [4.69, 9.17) is 1.41 Å². The van der Waals surface area contributed by atoms with Gasteiger partial charge in [0.2, 0.25) is 0 Å². The average Bonchev–Trinajstić information content (AvgIpc) is 2.98. The molecular formula is C36H81FOSn3. The van der Waals surface area contributed by atoms with Crippen LogP contribution in [0.25, 0.3) is 0 Å². The molecular weight excluding hydrogens is 824 g/mol. The van der Waals surface area contributed by atoms with Crippen LogP contribution in [0.15, 0.2) is 0 Å². The molecule has 250 valence electrons. The van der Waals surface area contributed by atoms with E-state index in [1.165, 1.54) is 142 Å². The van der Waals surface area contributed by atoms with Gasteiger partial charge in [0.1, 0.15) is 0 Å². The predicted molar refractivity (Wildman–Crippen MR) is 196 cm³/mol. The van der Waals surface area contributed by atoms with Gasteiger partial charge in [-0.15, -0.1) is 0 Å². The summed E-state index contributed by atoms with van der Waals surface area (Å²) in [4.78, 5) is 0. The zero-order valence-corrected chi connectivity index (χ0v) is 38.9. The van der Waals surface area contributed by atoms with Gasteiger partial charge >= 0.3 is 277 Å². The molecule has 0 unspecified atom stereocenters. The topological polar surface area (TPSA) is 9.23 Å². The minimum absolute atomic E-state index is 0. The summed E-state index contributed by atoms with van der Waals surface area (Å²) < 4.78 is 22.1. The van der Waals surface area contributed by atoms with Crippen molar-refractivity contribution in [2.24, 2.45) is 0 Å². The Morgan fingerprint density at radius 3 is 0.707 bits per heavy atom. The summed E-state index contributed by atoms with van der Waals surface area (Å²) in [6.45, 7) is 21.3. The molecule has 0 aliphatic rings. The van der Waals surface area contributed by atoms with Crippen molar-refractivity contribution in [2.45, 2.75) is 218 Å². The molecule has 0 atom stereocenters. The summed E-state index contributed by atoms with van der Waals surface area (Å²) in [5, 5.41) is 0. The number of hydrogen-bond acceptors (Lipinski definition) is 1. The quantitative estimate of drug-likeness (QED) is 0.0680. The second-order valence-electron chi connectivity index (χ2n) is 13.2. The van der Waals surface area contributed by atoms with Gasteiger partial charge in [-0.25, -0.2) is 0 Å². The molecule has 1 nitrogen and oxygen atoms in total. The molecule has 0 N–H and O–H groups in total. The first-order valence-electron chi connectivity index (χ1n) is 19.0. The molecule has 0 saturated heterocycles. The Labute approximate surface area is 278 Å². The van der Waals surface area contributed by atoms with Crippen molar-refractivity contribution in [3.05, 3.63) is 0 Å². The third-order valence-corrected chi connectivity index (χ3v) is 58.8. The molecule has 0 aromatic carbocycles. The summed E-state index contributed by atoms with van der Waals surface area (Å²) in [6.07, 6.45) is 25.7. The van der Waals surface area contributed by atoms with Crippen LogP contribution in [0.5, 0.6) is 0 Å². The van der Waals surface area contributed by atoms with Crippen LogP contribution in [0.3, 0.4) is 0 Å². The van der Waals surface area contributed by atoms with E-state index in [2.05, 4.69) is 62.3 Å². The van der Waals surface area contributed by atoms with Crippen LogP contribution in [0.4, 0.5) is 0 Å².